The minimum absolute atomic E-state index is 0.0304. The highest BCUT2D eigenvalue weighted by atomic mass is 35.5. The van der Waals surface area contributed by atoms with Gasteiger partial charge in [0.25, 0.3) is 0 Å². The second-order valence-electron chi connectivity index (χ2n) is 4.65. The Hall–Kier alpha value is -0.280. The Morgan fingerprint density at radius 2 is 2.12 bits per heavy atom. The number of ether oxygens (including phenoxy) is 1. The fourth-order valence-electron chi connectivity index (χ4n) is 2.38. The van der Waals surface area contributed by atoms with Crippen molar-refractivity contribution in [2.24, 2.45) is 5.73 Å². The van der Waals surface area contributed by atoms with Crippen LogP contribution in [0, 0.1) is 0 Å². The Morgan fingerprint density at radius 3 is 2.65 bits per heavy atom. The molecule has 1 aliphatic carbocycles. The SMILES string of the molecule is COC1(C(N)Cc2cccc(Cl)c2Cl)CCC1. The van der Waals surface area contributed by atoms with Gasteiger partial charge in [-0.1, -0.05) is 35.3 Å². The van der Waals surface area contributed by atoms with Gasteiger partial charge in [0.15, 0.2) is 0 Å². The summed E-state index contributed by atoms with van der Waals surface area (Å²) in [6, 6.07) is 5.62. The predicted octanol–water partition coefficient (Wildman–Crippen LogP) is 3.43. The molecule has 1 saturated carbocycles. The number of nitrogens with two attached hydrogens (primary N) is 1. The van der Waals surface area contributed by atoms with Crippen molar-refractivity contribution in [1.82, 2.24) is 0 Å². The van der Waals surface area contributed by atoms with Crippen LogP contribution in [0.5, 0.6) is 0 Å². The maximum absolute atomic E-state index is 6.25. The molecule has 0 bridgehead atoms. The molecule has 1 atom stereocenters. The summed E-state index contributed by atoms with van der Waals surface area (Å²) < 4.78 is 5.58. The van der Waals surface area contributed by atoms with Crippen molar-refractivity contribution < 1.29 is 4.74 Å². The number of methoxy groups -OCH3 is 1. The average Bonchev–Trinajstić information content (AvgIpc) is 2.24. The molecule has 1 aromatic rings. The average molecular weight is 274 g/mol. The normalized spacial score (nSPS) is 19.8. The van der Waals surface area contributed by atoms with Crippen molar-refractivity contribution in [1.29, 1.82) is 0 Å². The van der Waals surface area contributed by atoms with Gasteiger partial charge >= 0.3 is 0 Å². The van der Waals surface area contributed by atoms with Crippen LogP contribution in [0.4, 0.5) is 0 Å². The molecule has 0 spiro atoms. The number of hydrogen-bond donors (Lipinski definition) is 1. The third-order valence-corrected chi connectivity index (χ3v) is 4.61. The molecule has 1 aromatic carbocycles. The summed E-state index contributed by atoms with van der Waals surface area (Å²) in [7, 11) is 1.73. The van der Waals surface area contributed by atoms with Crippen LogP contribution in [0.2, 0.25) is 10.0 Å². The van der Waals surface area contributed by atoms with Crippen molar-refractivity contribution in [3.05, 3.63) is 33.8 Å². The van der Waals surface area contributed by atoms with Crippen molar-refractivity contribution in [3.8, 4) is 0 Å². The van der Waals surface area contributed by atoms with Crippen LogP contribution in [0.3, 0.4) is 0 Å². The topological polar surface area (TPSA) is 35.2 Å². The van der Waals surface area contributed by atoms with Crippen LogP contribution < -0.4 is 5.73 Å². The van der Waals surface area contributed by atoms with E-state index >= 15 is 0 Å². The van der Waals surface area contributed by atoms with Crippen molar-refractivity contribution >= 4 is 23.2 Å². The minimum Gasteiger partial charge on any atom is -0.377 e. The second kappa shape index (κ2) is 5.15. The Morgan fingerprint density at radius 1 is 1.41 bits per heavy atom. The molecule has 0 amide bonds. The van der Waals surface area contributed by atoms with Gasteiger partial charge in [-0.15, -0.1) is 0 Å². The first-order valence-electron chi connectivity index (χ1n) is 5.83. The van der Waals surface area contributed by atoms with Crippen molar-refractivity contribution in [2.75, 3.05) is 7.11 Å². The molecule has 0 saturated heterocycles. The molecular weight excluding hydrogens is 257 g/mol. The molecule has 2 N–H and O–H groups in total. The molecule has 1 unspecified atom stereocenters. The smallest absolute Gasteiger partial charge is 0.0832 e. The monoisotopic (exact) mass is 273 g/mol. The number of benzene rings is 1. The van der Waals surface area contributed by atoms with E-state index < -0.39 is 0 Å². The van der Waals surface area contributed by atoms with Gasteiger partial charge in [0.1, 0.15) is 0 Å². The Labute approximate surface area is 112 Å². The van der Waals surface area contributed by atoms with Gasteiger partial charge in [-0.3, -0.25) is 0 Å². The van der Waals surface area contributed by atoms with Gasteiger partial charge in [0, 0.05) is 13.2 Å². The Bertz CT molecular complexity index is 399. The molecule has 0 heterocycles. The van der Waals surface area contributed by atoms with Gasteiger partial charge in [-0.05, 0) is 37.3 Å². The molecule has 17 heavy (non-hydrogen) atoms. The van der Waals surface area contributed by atoms with Gasteiger partial charge in [0.05, 0.1) is 15.6 Å². The molecular formula is C13H17Cl2NO. The third kappa shape index (κ3) is 2.45. The maximum atomic E-state index is 6.25. The molecule has 2 nitrogen and oxygen atoms in total. The molecule has 0 radical (unpaired) electrons. The summed E-state index contributed by atoms with van der Waals surface area (Å²) in [6.07, 6.45) is 3.95. The fraction of sp³-hybridized carbons (Fsp3) is 0.538. The summed E-state index contributed by atoms with van der Waals surface area (Å²) in [5.74, 6) is 0. The molecule has 1 fully saturated rings. The van der Waals surface area contributed by atoms with E-state index in [2.05, 4.69) is 0 Å². The van der Waals surface area contributed by atoms with E-state index in [1.807, 2.05) is 12.1 Å². The zero-order valence-electron chi connectivity index (χ0n) is 9.88. The fourth-order valence-corrected chi connectivity index (χ4v) is 2.78. The third-order valence-electron chi connectivity index (χ3n) is 3.75. The van der Waals surface area contributed by atoms with E-state index in [0.29, 0.717) is 16.5 Å². The van der Waals surface area contributed by atoms with Gasteiger partial charge in [0.2, 0.25) is 0 Å². The second-order valence-corrected chi connectivity index (χ2v) is 5.43. The van der Waals surface area contributed by atoms with Gasteiger partial charge < -0.3 is 10.5 Å². The summed E-state index contributed by atoms with van der Waals surface area (Å²) in [5.41, 5.74) is 7.08. The highest BCUT2D eigenvalue weighted by Crippen LogP contribution is 2.39. The van der Waals surface area contributed by atoms with Crippen molar-refractivity contribution in [2.45, 2.75) is 37.3 Å². The van der Waals surface area contributed by atoms with Crippen LogP contribution in [-0.4, -0.2) is 18.8 Å². The van der Waals surface area contributed by atoms with Crippen LogP contribution in [0.25, 0.3) is 0 Å². The first kappa shape index (κ1) is 13.2. The summed E-state index contributed by atoms with van der Waals surface area (Å²) in [6.45, 7) is 0. The Balaban J connectivity index is 2.13. The number of halogens is 2. The number of rotatable bonds is 4. The summed E-state index contributed by atoms with van der Waals surface area (Å²) in [4.78, 5) is 0. The quantitative estimate of drug-likeness (QED) is 0.912. The summed E-state index contributed by atoms with van der Waals surface area (Å²) >= 11 is 12.2. The minimum atomic E-state index is -0.161. The van der Waals surface area contributed by atoms with E-state index in [0.717, 1.165) is 18.4 Å². The first-order valence-corrected chi connectivity index (χ1v) is 6.58. The van der Waals surface area contributed by atoms with Crippen LogP contribution in [0.15, 0.2) is 18.2 Å². The molecule has 4 heteroatoms. The lowest BCUT2D eigenvalue weighted by molar-refractivity contribution is -0.0896. The van der Waals surface area contributed by atoms with Crippen molar-refractivity contribution in [3.63, 3.8) is 0 Å². The maximum Gasteiger partial charge on any atom is 0.0832 e. The largest absolute Gasteiger partial charge is 0.377 e. The van der Waals surface area contributed by atoms with E-state index in [9.17, 15) is 0 Å². The lowest BCUT2D eigenvalue weighted by Crippen LogP contribution is -2.55. The van der Waals surface area contributed by atoms with E-state index in [1.165, 1.54) is 6.42 Å². The van der Waals surface area contributed by atoms with Gasteiger partial charge in [-0.2, -0.15) is 0 Å². The molecule has 1 aliphatic rings. The number of hydrogen-bond acceptors (Lipinski definition) is 2. The van der Waals surface area contributed by atoms with Gasteiger partial charge in [-0.25, -0.2) is 0 Å². The zero-order chi connectivity index (χ0) is 12.5. The lowest BCUT2D eigenvalue weighted by Gasteiger charge is -2.45. The summed E-state index contributed by atoms with van der Waals surface area (Å²) in [5, 5.41) is 1.19. The van der Waals surface area contributed by atoms with Crippen LogP contribution >= 0.6 is 23.2 Å². The zero-order valence-corrected chi connectivity index (χ0v) is 11.4. The predicted molar refractivity (Wildman–Crippen MR) is 71.7 cm³/mol. The Kier molecular flexibility index (Phi) is 3.99. The molecule has 2 rings (SSSR count). The first-order chi connectivity index (χ1) is 8.09. The van der Waals surface area contributed by atoms with E-state index in [1.54, 1.807) is 13.2 Å². The van der Waals surface area contributed by atoms with Crippen LogP contribution in [0.1, 0.15) is 24.8 Å². The lowest BCUT2D eigenvalue weighted by atomic mass is 9.73. The highest BCUT2D eigenvalue weighted by Gasteiger charge is 2.42. The highest BCUT2D eigenvalue weighted by molar-refractivity contribution is 6.42. The standard InChI is InChI=1S/C13H17Cl2NO/c1-17-13(6-3-7-13)11(16)8-9-4-2-5-10(14)12(9)15/h2,4-5,11H,3,6-8,16H2,1H3. The van der Waals surface area contributed by atoms with Crippen LogP contribution in [-0.2, 0) is 11.2 Å². The molecule has 0 aromatic heterocycles. The van der Waals surface area contributed by atoms with E-state index in [-0.39, 0.29) is 11.6 Å². The van der Waals surface area contributed by atoms with E-state index in [4.69, 9.17) is 33.7 Å². The molecule has 94 valence electrons. The molecule has 0 aliphatic heterocycles.